The highest BCUT2D eigenvalue weighted by molar-refractivity contribution is 7.47. The summed E-state index contributed by atoms with van der Waals surface area (Å²) in [6.45, 7) is 3.53. The summed E-state index contributed by atoms with van der Waals surface area (Å²) in [5.41, 5.74) is 0. The van der Waals surface area contributed by atoms with Crippen LogP contribution in [0.2, 0.25) is 0 Å². The van der Waals surface area contributed by atoms with Gasteiger partial charge in [-0.2, -0.15) is 0 Å². The highest BCUT2D eigenvalue weighted by Crippen LogP contribution is 2.43. The third-order valence-electron chi connectivity index (χ3n) is 11.1. The number of carbonyl (C=O) groups is 1. The molecule has 60 heavy (non-hydrogen) atoms. The number of carbonyl (C=O) groups excluding carboxylic acids is 1. The van der Waals surface area contributed by atoms with Crippen LogP contribution < -0.4 is 0 Å². The van der Waals surface area contributed by atoms with Crippen molar-refractivity contribution in [2.75, 3.05) is 33.0 Å². The van der Waals surface area contributed by atoms with Gasteiger partial charge in [-0.3, -0.25) is 13.8 Å². The van der Waals surface area contributed by atoms with E-state index in [0.29, 0.717) is 6.61 Å². The number of phosphoric acid groups is 1. The summed E-state index contributed by atoms with van der Waals surface area (Å²) in [6.07, 6.45) is 51.4. The van der Waals surface area contributed by atoms with Crippen molar-refractivity contribution < 1.29 is 43.0 Å². The van der Waals surface area contributed by atoms with Gasteiger partial charge < -0.3 is 24.6 Å². The molecule has 0 aromatic heterocycles. The van der Waals surface area contributed by atoms with E-state index in [1.54, 1.807) is 0 Å². The Morgan fingerprint density at radius 2 is 0.900 bits per heavy atom. The molecule has 0 amide bonds. The van der Waals surface area contributed by atoms with E-state index in [9.17, 15) is 19.4 Å². The second-order valence-corrected chi connectivity index (χ2v) is 18.6. The molecule has 0 aliphatic heterocycles. The first kappa shape index (κ1) is 58.9. The molecule has 0 heterocycles. The minimum atomic E-state index is -4.52. The van der Waals surface area contributed by atoms with Crippen molar-refractivity contribution in [1.29, 1.82) is 0 Å². The number of rotatable bonds is 49. The summed E-state index contributed by atoms with van der Waals surface area (Å²) in [5, 5.41) is 18.4. The molecule has 3 unspecified atom stereocenters. The Morgan fingerprint density at radius 3 is 1.37 bits per heavy atom. The molecule has 356 valence electrons. The zero-order valence-corrected chi connectivity index (χ0v) is 40.1. The van der Waals surface area contributed by atoms with Crippen LogP contribution in [0.25, 0.3) is 0 Å². The zero-order chi connectivity index (χ0) is 43.9. The van der Waals surface area contributed by atoms with Gasteiger partial charge in [0.05, 0.1) is 26.4 Å². The Labute approximate surface area is 370 Å². The average Bonchev–Trinajstić information content (AvgIpc) is 3.24. The molecule has 3 atom stereocenters. The molecule has 0 aromatic carbocycles. The Hall–Kier alpha value is -1.06. The molecule has 10 heteroatoms. The molecule has 0 bridgehead atoms. The molecular formula is C50H97O9P. The molecular weight excluding hydrogens is 776 g/mol. The maximum absolute atomic E-state index is 12.7. The van der Waals surface area contributed by atoms with Gasteiger partial charge in [0.25, 0.3) is 0 Å². The van der Waals surface area contributed by atoms with Gasteiger partial charge in [0, 0.05) is 13.0 Å². The Bertz CT molecular complexity index is 991. The molecule has 0 radical (unpaired) electrons. The van der Waals surface area contributed by atoms with Crippen molar-refractivity contribution in [1.82, 2.24) is 0 Å². The number of unbranched alkanes of at least 4 members (excludes halogenated alkanes) is 31. The van der Waals surface area contributed by atoms with E-state index in [4.69, 9.17) is 23.6 Å². The van der Waals surface area contributed by atoms with Gasteiger partial charge in [0.1, 0.15) is 12.2 Å². The largest absolute Gasteiger partial charge is 0.472 e. The van der Waals surface area contributed by atoms with Gasteiger partial charge >= 0.3 is 13.8 Å². The van der Waals surface area contributed by atoms with Crippen LogP contribution in [-0.4, -0.2) is 66.3 Å². The minimum Gasteiger partial charge on any atom is -0.457 e. The summed E-state index contributed by atoms with van der Waals surface area (Å²) in [7, 11) is -4.52. The van der Waals surface area contributed by atoms with Crippen LogP contribution in [-0.2, 0) is 27.9 Å². The van der Waals surface area contributed by atoms with E-state index in [1.807, 2.05) is 0 Å². The third kappa shape index (κ3) is 46.4. The van der Waals surface area contributed by atoms with Crippen LogP contribution in [0.1, 0.15) is 245 Å². The normalized spacial score (nSPS) is 14.0. The number of allylic oxidation sites excluding steroid dienone is 4. The fourth-order valence-corrected chi connectivity index (χ4v) is 8.06. The molecule has 0 rings (SSSR count). The van der Waals surface area contributed by atoms with Gasteiger partial charge in [-0.05, 0) is 44.9 Å². The SMILES string of the molecule is CCCCC/C=C\C/C=C\CCCCCCCCCCOCC(COP(=O)(O)OCC(O)CO)OC(=O)CCCCCCCCCCCCCCCCCCCCCCC. The summed E-state index contributed by atoms with van der Waals surface area (Å²) in [4.78, 5) is 22.7. The monoisotopic (exact) mass is 873 g/mol. The Balaban J connectivity index is 4.05. The van der Waals surface area contributed by atoms with Crippen LogP contribution in [0.5, 0.6) is 0 Å². The predicted molar refractivity (Wildman–Crippen MR) is 251 cm³/mol. The van der Waals surface area contributed by atoms with E-state index in [1.165, 1.54) is 173 Å². The van der Waals surface area contributed by atoms with Crippen molar-refractivity contribution in [2.24, 2.45) is 0 Å². The second-order valence-electron chi connectivity index (χ2n) is 17.2. The van der Waals surface area contributed by atoms with E-state index < -0.39 is 33.2 Å². The predicted octanol–water partition coefficient (Wildman–Crippen LogP) is 14.6. The standard InChI is InChI=1S/C50H97O9P/c1-3-5-7-9-11-13-15-17-19-21-23-24-25-26-28-30-32-34-36-38-40-42-50(53)59-49(47-58-60(54,55)57-45-48(52)44-51)46-56-43-41-39-37-35-33-31-29-27-22-20-18-16-14-12-10-8-6-4-2/h12,14,18,20,48-49,51-52H,3-11,13,15-17,19,21-47H2,1-2H3,(H,54,55)/b14-12-,20-18-. The number of aliphatic hydroxyl groups is 2. The van der Waals surface area contributed by atoms with Crippen LogP contribution in [0, 0.1) is 0 Å². The number of esters is 1. The fraction of sp³-hybridized carbons (Fsp3) is 0.900. The maximum Gasteiger partial charge on any atom is 0.472 e. The van der Waals surface area contributed by atoms with Crippen LogP contribution in [0.15, 0.2) is 24.3 Å². The molecule has 3 N–H and O–H groups in total. The van der Waals surface area contributed by atoms with E-state index >= 15 is 0 Å². The number of phosphoric ester groups is 1. The van der Waals surface area contributed by atoms with Gasteiger partial charge in [-0.15, -0.1) is 0 Å². The number of ether oxygens (including phenoxy) is 2. The van der Waals surface area contributed by atoms with E-state index in [-0.39, 0.29) is 25.6 Å². The van der Waals surface area contributed by atoms with Gasteiger partial charge in [-0.25, -0.2) is 4.57 Å². The topological polar surface area (TPSA) is 132 Å². The fourth-order valence-electron chi connectivity index (χ4n) is 7.27. The van der Waals surface area contributed by atoms with Crippen molar-refractivity contribution in [3.63, 3.8) is 0 Å². The average molecular weight is 873 g/mol. The van der Waals surface area contributed by atoms with Crippen molar-refractivity contribution in [3.05, 3.63) is 24.3 Å². The van der Waals surface area contributed by atoms with E-state index in [0.717, 1.165) is 51.4 Å². The van der Waals surface area contributed by atoms with Gasteiger partial charge in [0.2, 0.25) is 0 Å². The number of aliphatic hydroxyl groups excluding tert-OH is 2. The quantitative estimate of drug-likeness (QED) is 0.0237. The lowest BCUT2D eigenvalue weighted by Gasteiger charge is -2.20. The highest BCUT2D eigenvalue weighted by Gasteiger charge is 2.26. The Kier molecular flexibility index (Phi) is 46.6. The van der Waals surface area contributed by atoms with Gasteiger partial charge in [-0.1, -0.05) is 218 Å². The van der Waals surface area contributed by atoms with Crippen LogP contribution in [0.3, 0.4) is 0 Å². The smallest absolute Gasteiger partial charge is 0.457 e. The number of hydrogen-bond donors (Lipinski definition) is 3. The molecule has 0 spiro atoms. The first-order chi connectivity index (χ1) is 29.3. The lowest BCUT2D eigenvalue weighted by Crippen LogP contribution is -2.29. The Morgan fingerprint density at radius 1 is 0.517 bits per heavy atom. The summed E-state index contributed by atoms with van der Waals surface area (Å²) in [6, 6.07) is 0. The first-order valence-electron chi connectivity index (χ1n) is 25.3. The molecule has 0 saturated heterocycles. The second kappa shape index (κ2) is 47.4. The highest BCUT2D eigenvalue weighted by atomic mass is 31.2. The molecule has 0 fully saturated rings. The molecule has 0 aliphatic carbocycles. The number of hydrogen-bond acceptors (Lipinski definition) is 8. The third-order valence-corrected chi connectivity index (χ3v) is 12.1. The van der Waals surface area contributed by atoms with Crippen LogP contribution >= 0.6 is 7.82 Å². The lowest BCUT2D eigenvalue weighted by atomic mass is 10.0. The maximum atomic E-state index is 12.7. The minimum absolute atomic E-state index is 0.0496. The van der Waals surface area contributed by atoms with Crippen molar-refractivity contribution in [2.45, 2.75) is 257 Å². The van der Waals surface area contributed by atoms with E-state index in [2.05, 4.69) is 38.2 Å². The first-order valence-corrected chi connectivity index (χ1v) is 26.8. The summed E-state index contributed by atoms with van der Waals surface area (Å²) < 4.78 is 33.5. The van der Waals surface area contributed by atoms with Gasteiger partial charge in [0.15, 0.2) is 0 Å². The van der Waals surface area contributed by atoms with Crippen LogP contribution in [0.4, 0.5) is 0 Å². The van der Waals surface area contributed by atoms with Crippen molar-refractivity contribution in [3.8, 4) is 0 Å². The summed E-state index contributed by atoms with van der Waals surface area (Å²) >= 11 is 0. The molecule has 0 aromatic rings. The molecule has 9 nitrogen and oxygen atoms in total. The summed E-state index contributed by atoms with van der Waals surface area (Å²) in [5.74, 6) is -0.379. The zero-order valence-electron chi connectivity index (χ0n) is 39.2. The van der Waals surface area contributed by atoms with Crippen molar-refractivity contribution >= 4 is 13.8 Å². The molecule has 0 saturated carbocycles. The molecule has 0 aliphatic rings. The lowest BCUT2D eigenvalue weighted by molar-refractivity contribution is -0.154.